The van der Waals surface area contributed by atoms with Crippen molar-refractivity contribution in [3.05, 3.63) is 71.6 Å². The van der Waals surface area contributed by atoms with Crippen molar-refractivity contribution in [2.75, 3.05) is 54.1 Å². The zero-order valence-corrected chi connectivity index (χ0v) is 37.7. The molecule has 2 aliphatic heterocycles. The maximum absolute atomic E-state index is 13.9. The van der Waals surface area contributed by atoms with Crippen LogP contribution in [0.1, 0.15) is 75.2 Å². The fourth-order valence-electron chi connectivity index (χ4n) is 7.61. The number of hydrogen-bond acceptors (Lipinski definition) is 12. The van der Waals surface area contributed by atoms with Crippen LogP contribution in [0, 0.1) is 35.5 Å². The summed E-state index contributed by atoms with van der Waals surface area (Å²) in [5, 5.41) is 49.7. The molecule has 13 nitrogen and oxygen atoms in total. The SMILES string of the molecule is CC=CC(O)C(C)C=CC(=NOCC(=O)N1CCN(C)CC1)C(C)C(O)C(C)C1OC(=O)C(OC)=CC(C)=CC(C)C(O)C(CC)C(O)C(C)CC(C)=CC=CC1OC. The number of cyclic esters (lactones) is 1. The van der Waals surface area contributed by atoms with Crippen molar-refractivity contribution in [3.8, 4) is 0 Å². The molecule has 2 rings (SSSR count). The van der Waals surface area contributed by atoms with Gasteiger partial charge in [-0.2, -0.15) is 0 Å². The molecule has 0 aromatic carbocycles. The number of carbonyl (C=O) groups is 2. The van der Waals surface area contributed by atoms with Gasteiger partial charge < -0.3 is 49.3 Å². The summed E-state index contributed by atoms with van der Waals surface area (Å²) in [5.41, 5.74) is 1.96. The second kappa shape index (κ2) is 25.9. The third-order valence-electron chi connectivity index (χ3n) is 11.7. The van der Waals surface area contributed by atoms with E-state index in [0.717, 1.165) is 18.7 Å². The van der Waals surface area contributed by atoms with Gasteiger partial charge in [0.25, 0.3) is 5.91 Å². The molecule has 2 aliphatic rings. The van der Waals surface area contributed by atoms with Crippen LogP contribution < -0.4 is 0 Å². The number of piperazine rings is 1. The topological polar surface area (TPSA) is 171 Å². The lowest BCUT2D eigenvalue weighted by Gasteiger charge is -2.34. The van der Waals surface area contributed by atoms with E-state index in [1.54, 1.807) is 62.1 Å². The van der Waals surface area contributed by atoms with E-state index in [2.05, 4.69) is 10.1 Å². The van der Waals surface area contributed by atoms with Gasteiger partial charge in [-0.05, 0) is 58.7 Å². The molecule has 1 fully saturated rings. The second-order valence-corrected chi connectivity index (χ2v) is 16.5. The van der Waals surface area contributed by atoms with Crippen molar-refractivity contribution in [1.82, 2.24) is 9.80 Å². The fourth-order valence-corrected chi connectivity index (χ4v) is 7.61. The first kappa shape index (κ1) is 51.6. The summed E-state index contributed by atoms with van der Waals surface area (Å²) in [7, 11) is 4.87. The summed E-state index contributed by atoms with van der Waals surface area (Å²) in [6, 6.07) is 0. The smallest absolute Gasteiger partial charge is 0.373 e. The van der Waals surface area contributed by atoms with Gasteiger partial charge in [0.1, 0.15) is 12.2 Å². The first-order valence-electron chi connectivity index (χ1n) is 21.1. The molecule has 0 aromatic rings. The Morgan fingerprint density at radius 1 is 1.05 bits per heavy atom. The maximum Gasteiger partial charge on any atom is 0.373 e. The number of ether oxygens (including phenoxy) is 3. The number of methoxy groups -OCH3 is 2. The van der Waals surface area contributed by atoms with Crippen LogP contribution in [0.2, 0.25) is 0 Å². The molecule has 2 heterocycles. The number of aliphatic hydroxyl groups is 4. The van der Waals surface area contributed by atoms with Crippen molar-refractivity contribution in [1.29, 1.82) is 0 Å². The molecule has 0 saturated carbocycles. The number of amides is 1. The number of hydrogen-bond donors (Lipinski definition) is 4. The Balaban J connectivity index is 2.59. The van der Waals surface area contributed by atoms with Crippen LogP contribution in [0.5, 0.6) is 0 Å². The molecule has 13 heteroatoms. The third-order valence-corrected chi connectivity index (χ3v) is 11.7. The number of likely N-dealkylation sites (N-methyl/N-ethyl adjacent to an activating group) is 1. The molecule has 12 atom stereocenters. The van der Waals surface area contributed by atoms with Crippen molar-refractivity contribution < 1.29 is 49.1 Å². The average Bonchev–Trinajstić information content (AvgIpc) is 3.20. The van der Waals surface area contributed by atoms with Crippen LogP contribution in [0.4, 0.5) is 0 Å². The monoisotopic (exact) mass is 830 g/mol. The highest BCUT2D eigenvalue weighted by Gasteiger charge is 2.38. The van der Waals surface area contributed by atoms with E-state index in [1.807, 2.05) is 66.8 Å². The molecule has 0 radical (unpaired) electrons. The van der Waals surface area contributed by atoms with Crippen LogP contribution in [-0.2, 0) is 28.6 Å². The van der Waals surface area contributed by atoms with Gasteiger partial charge in [0, 0.05) is 62.9 Å². The van der Waals surface area contributed by atoms with Gasteiger partial charge in [0.15, 0.2) is 6.61 Å². The largest absolute Gasteiger partial charge is 0.490 e. The second-order valence-electron chi connectivity index (χ2n) is 16.5. The lowest BCUT2D eigenvalue weighted by atomic mass is 9.79. The first-order chi connectivity index (χ1) is 27.9. The lowest BCUT2D eigenvalue weighted by molar-refractivity contribution is -0.161. The van der Waals surface area contributed by atoms with Gasteiger partial charge >= 0.3 is 5.97 Å². The average molecular weight is 830 g/mol. The number of esters is 1. The molecule has 4 N–H and O–H groups in total. The van der Waals surface area contributed by atoms with Gasteiger partial charge in [0.2, 0.25) is 5.76 Å². The van der Waals surface area contributed by atoms with E-state index < -0.39 is 54.4 Å². The minimum Gasteiger partial charge on any atom is -0.490 e. The van der Waals surface area contributed by atoms with Gasteiger partial charge in [-0.1, -0.05) is 100 Å². The quantitative estimate of drug-likeness (QED) is 0.0783. The van der Waals surface area contributed by atoms with Crippen molar-refractivity contribution in [2.45, 2.75) is 112 Å². The highest BCUT2D eigenvalue weighted by molar-refractivity contribution is 5.96. The van der Waals surface area contributed by atoms with E-state index in [9.17, 15) is 30.0 Å². The van der Waals surface area contributed by atoms with Crippen molar-refractivity contribution in [2.24, 2.45) is 40.7 Å². The van der Waals surface area contributed by atoms with E-state index in [4.69, 9.17) is 19.0 Å². The van der Waals surface area contributed by atoms with Crippen LogP contribution in [0.3, 0.4) is 0 Å². The van der Waals surface area contributed by atoms with E-state index in [-0.39, 0.29) is 41.9 Å². The zero-order valence-electron chi connectivity index (χ0n) is 37.7. The van der Waals surface area contributed by atoms with Gasteiger partial charge in [-0.25, -0.2) is 4.79 Å². The predicted octanol–water partition coefficient (Wildman–Crippen LogP) is 5.23. The molecule has 59 heavy (non-hydrogen) atoms. The highest BCUT2D eigenvalue weighted by Crippen LogP contribution is 2.30. The standard InChI is InChI=1S/C46H75N3O10/c1-13-16-38(50)31(5)19-20-37(47-58-28-41(51)49-23-21-48(10)22-24-49)34(8)44(54)35(9)45-39(56-11)18-15-17-29(3)25-32(6)42(52)36(14-2)43(53)33(7)26-30(4)27-40(57-12)46(55)59-45/h13,15-20,26-27,31-36,38-39,42-45,50,52-54H,14,21-25,28H2,1-12H3. The summed E-state index contributed by atoms with van der Waals surface area (Å²) < 4.78 is 17.6. The minimum atomic E-state index is -1.18. The van der Waals surface area contributed by atoms with Crippen molar-refractivity contribution in [3.63, 3.8) is 0 Å². The first-order valence-corrected chi connectivity index (χ1v) is 21.1. The van der Waals surface area contributed by atoms with E-state index >= 15 is 0 Å². The summed E-state index contributed by atoms with van der Waals surface area (Å²) >= 11 is 0. The number of rotatable bonds is 14. The lowest BCUT2D eigenvalue weighted by Crippen LogP contribution is -2.48. The molecule has 12 unspecified atom stereocenters. The van der Waals surface area contributed by atoms with Gasteiger partial charge in [-0.3, -0.25) is 4.79 Å². The molecule has 0 aliphatic carbocycles. The van der Waals surface area contributed by atoms with Gasteiger partial charge in [-0.15, -0.1) is 0 Å². The Kier molecular flexibility index (Phi) is 22.6. The molecule has 0 aromatic heterocycles. The summed E-state index contributed by atoms with van der Waals surface area (Å²) in [6.07, 6.45) is 11.5. The van der Waals surface area contributed by atoms with Crippen LogP contribution in [0.25, 0.3) is 0 Å². The Morgan fingerprint density at radius 3 is 2.31 bits per heavy atom. The van der Waals surface area contributed by atoms with Crippen LogP contribution in [-0.4, -0.2) is 138 Å². The predicted molar refractivity (Wildman–Crippen MR) is 232 cm³/mol. The number of aliphatic hydroxyl groups excluding tert-OH is 4. The number of oxime groups is 1. The summed E-state index contributed by atoms with van der Waals surface area (Å²) in [6.45, 7) is 19.2. The van der Waals surface area contributed by atoms with Gasteiger partial charge in [0.05, 0.1) is 37.2 Å². The Hall–Kier alpha value is -3.59. The minimum absolute atomic E-state index is 0.0890. The highest BCUT2D eigenvalue weighted by atomic mass is 16.6. The third kappa shape index (κ3) is 16.1. The number of carbonyl (C=O) groups excluding carboxylic acids is 2. The molecular weight excluding hydrogens is 755 g/mol. The maximum atomic E-state index is 13.9. The van der Waals surface area contributed by atoms with Crippen LogP contribution in [0.15, 0.2) is 76.7 Å². The molecule has 334 valence electrons. The van der Waals surface area contributed by atoms with E-state index in [0.29, 0.717) is 37.2 Å². The van der Waals surface area contributed by atoms with E-state index in [1.165, 1.54) is 14.2 Å². The molecule has 0 bridgehead atoms. The molecule has 0 spiro atoms. The summed E-state index contributed by atoms with van der Waals surface area (Å²) in [5.74, 6) is -3.69. The molecule has 1 amide bonds. The number of nitrogens with zero attached hydrogens (tertiary/aromatic N) is 3. The zero-order chi connectivity index (χ0) is 44.4. The van der Waals surface area contributed by atoms with Crippen molar-refractivity contribution >= 4 is 17.6 Å². The number of allylic oxidation sites excluding steroid dienone is 7. The Bertz CT molecular complexity index is 1530. The fraction of sp³-hybridized carbons (Fsp3) is 0.674. The molecule has 1 saturated heterocycles. The Labute approximate surface area is 353 Å². The Morgan fingerprint density at radius 2 is 1.71 bits per heavy atom. The molecular formula is C46H75N3O10. The normalized spacial score (nSPS) is 29.1. The van der Waals surface area contributed by atoms with Crippen LogP contribution >= 0.6 is 0 Å². The summed E-state index contributed by atoms with van der Waals surface area (Å²) in [4.78, 5) is 36.4.